The van der Waals surface area contributed by atoms with Crippen molar-refractivity contribution in [2.45, 2.75) is 24.3 Å². The summed E-state index contributed by atoms with van der Waals surface area (Å²) in [6, 6.07) is 17.1. The van der Waals surface area contributed by atoms with Crippen molar-refractivity contribution < 1.29 is 4.74 Å². The first-order valence-electron chi connectivity index (χ1n) is 6.37. The molecule has 0 fully saturated rings. The van der Waals surface area contributed by atoms with E-state index >= 15 is 0 Å². The molecule has 2 aromatic carbocycles. The summed E-state index contributed by atoms with van der Waals surface area (Å²) in [7, 11) is 0. The van der Waals surface area contributed by atoms with Gasteiger partial charge >= 0.3 is 111 Å². The fraction of sp³-hybridized carbons (Fsp3) is 0.250. The van der Waals surface area contributed by atoms with Gasteiger partial charge in [-0.05, 0) is 0 Å². The van der Waals surface area contributed by atoms with Crippen LogP contribution in [0, 0.1) is 0 Å². The van der Waals surface area contributed by atoms with Crippen LogP contribution in [-0.2, 0) is 0 Å². The van der Waals surface area contributed by atoms with Gasteiger partial charge in [-0.25, -0.2) is 0 Å². The quantitative estimate of drug-likeness (QED) is 0.734. The second kappa shape index (κ2) is 4.17. The van der Waals surface area contributed by atoms with E-state index in [4.69, 9.17) is 4.74 Å². The van der Waals surface area contributed by atoms with Crippen molar-refractivity contribution >= 4 is 22.3 Å². The Labute approximate surface area is 111 Å². The minimum atomic E-state index is -2.08. The number of ether oxygens (including phenoxy) is 1. The van der Waals surface area contributed by atoms with Gasteiger partial charge in [-0.2, -0.15) is 0 Å². The van der Waals surface area contributed by atoms with Crippen LogP contribution in [0.5, 0.6) is 11.5 Å². The summed E-state index contributed by atoms with van der Waals surface area (Å²) in [4.78, 5) is 0. The van der Waals surface area contributed by atoms with Gasteiger partial charge in [-0.15, -0.1) is 0 Å². The molecule has 0 atom stereocenters. The molecule has 1 heterocycles. The average molecular weight is 301 g/mol. The Balaban J connectivity index is 2.31. The van der Waals surface area contributed by atoms with Crippen molar-refractivity contribution in [3.05, 3.63) is 48.5 Å². The Morgan fingerprint density at radius 2 is 1.28 bits per heavy atom. The molecule has 0 amide bonds. The van der Waals surface area contributed by atoms with Crippen LogP contribution in [0.15, 0.2) is 48.5 Å². The zero-order valence-corrected chi connectivity index (χ0v) is 12.9. The van der Waals surface area contributed by atoms with Crippen LogP contribution in [0.1, 0.15) is 13.8 Å². The van der Waals surface area contributed by atoms with Gasteiger partial charge in [0.2, 0.25) is 0 Å². The van der Waals surface area contributed by atoms with Crippen molar-refractivity contribution in [2.75, 3.05) is 0 Å². The van der Waals surface area contributed by atoms with Crippen LogP contribution in [-0.4, -0.2) is 13.6 Å². The summed E-state index contributed by atoms with van der Waals surface area (Å²) in [6.45, 7) is 4.71. The average Bonchev–Trinajstić information content (AvgIpc) is 2.39. The first-order chi connectivity index (χ1) is 8.64. The Kier molecular flexibility index (Phi) is 2.75. The molecule has 93 valence electrons. The fourth-order valence-electron chi connectivity index (χ4n) is 2.66. The van der Waals surface area contributed by atoms with Gasteiger partial charge in [-0.1, -0.05) is 0 Å². The van der Waals surface area contributed by atoms with Crippen LogP contribution >= 0.6 is 0 Å². The van der Waals surface area contributed by atoms with E-state index in [0.29, 0.717) is 4.71 Å². The Bertz CT molecular complexity index is 544. The molecule has 1 nitrogen and oxygen atoms in total. The maximum absolute atomic E-state index is 6.07. The molecule has 0 aliphatic carbocycles. The summed E-state index contributed by atoms with van der Waals surface area (Å²) in [5.74, 6) is 2.14. The normalized spacial score (nSPS) is 15.8. The standard InChI is InChI=1S/C16H18AsO/c1-12(2)17(3)13-8-4-6-10-15(13)18-16-11-7-5-9-14(16)17/h4-12H,1-3H3. The molecule has 2 aromatic rings. The van der Waals surface area contributed by atoms with Crippen LogP contribution in [0.2, 0.25) is 10.4 Å². The Morgan fingerprint density at radius 3 is 1.72 bits per heavy atom. The number of rotatable bonds is 1. The van der Waals surface area contributed by atoms with E-state index in [9.17, 15) is 0 Å². The summed E-state index contributed by atoms with van der Waals surface area (Å²) in [5, 5.41) is 0. The Morgan fingerprint density at radius 1 is 0.833 bits per heavy atom. The topological polar surface area (TPSA) is 9.23 Å². The van der Waals surface area contributed by atoms with E-state index in [0.717, 1.165) is 11.5 Å². The maximum atomic E-state index is 6.07. The van der Waals surface area contributed by atoms with Gasteiger partial charge in [0.15, 0.2) is 0 Å². The number of hydrogen-bond donors (Lipinski definition) is 0. The van der Waals surface area contributed by atoms with Crippen LogP contribution in [0.4, 0.5) is 0 Å². The third-order valence-electron chi connectivity index (χ3n) is 3.98. The molecular weight excluding hydrogens is 283 g/mol. The van der Waals surface area contributed by atoms with Crippen LogP contribution in [0.25, 0.3) is 0 Å². The molecule has 0 N–H and O–H groups in total. The van der Waals surface area contributed by atoms with E-state index in [1.807, 2.05) is 0 Å². The first-order valence-corrected chi connectivity index (χ1v) is 11.2. The van der Waals surface area contributed by atoms with E-state index in [2.05, 4.69) is 68.1 Å². The van der Waals surface area contributed by atoms with Crippen LogP contribution < -0.4 is 13.4 Å². The van der Waals surface area contributed by atoms with E-state index < -0.39 is 13.6 Å². The SMILES string of the molecule is CC(C)[As]1(C)c2ccccc2Oc2ccccc21. The van der Waals surface area contributed by atoms with E-state index in [1.165, 1.54) is 8.70 Å². The van der Waals surface area contributed by atoms with Crippen molar-refractivity contribution in [1.29, 1.82) is 0 Å². The monoisotopic (exact) mass is 301 g/mol. The zero-order chi connectivity index (χ0) is 12.8. The minimum absolute atomic E-state index is 0.689. The third kappa shape index (κ3) is 1.54. The summed E-state index contributed by atoms with van der Waals surface area (Å²) >= 11 is -2.08. The molecule has 3 rings (SSSR count). The molecule has 0 saturated heterocycles. The molecule has 18 heavy (non-hydrogen) atoms. The number of benzene rings is 2. The van der Waals surface area contributed by atoms with Crippen LogP contribution in [0.3, 0.4) is 0 Å². The zero-order valence-electron chi connectivity index (χ0n) is 11.1. The number of hydrogen-bond acceptors (Lipinski definition) is 1. The van der Waals surface area contributed by atoms with Gasteiger partial charge < -0.3 is 0 Å². The van der Waals surface area contributed by atoms with E-state index in [1.54, 1.807) is 0 Å². The van der Waals surface area contributed by atoms with Gasteiger partial charge in [0.1, 0.15) is 0 Å². The van der Waals surface area contributed by atoms with Crippen molar-refractivity contribution in [3.63, 3.8) is 0 Å². The van der Waals surface area contributed by atoms with Crippen molar-refractivity contribution in [2.24, 2.45) is 0 Å². The molecule has 1 aliphatic rings. The second-order valence-electron chi connectivity index (χ2n) is 5.21. The molecular formula is C16H18AsO. The van der Waals surface area contributed by atoms with Crippen molar-refractivity contribution in [3.8, 4) is 11.5 Å². The third-order valence-corrected chi connectivity index (χ3v) is 14.1. The predicted octanol–water partition coefficient (Wildman–Crippen LogP) is 3.40. The summed E-state index contributed by atoms with van der Waals surface area (Å²) < 4.78 is 9.68. The molecule has 1 radical (unpaired) electrons. The molecule has 1 aliphatic heterocycles. The molecule has 0 spiro atoms. The van der Waals surface area contributed by atoms with Gasteiger partial charge in [0.25, 0.3) is 0 Å². The fourth-order valence-corrected chi connectivity index (χ4v) is 9.62. The van der Waals surface area contributed by atoms with E-state index in [-0.39, 0.29) is 0 Å². The molecule has 0 unspecified atom stereocenters. The van der Waals surface area contributed by atoms with Crippen molar-refractivity contribution in [1.82, 2.24) is 0 Å². The Hall–Kier alpha value is -1.20. The molecule has 0 bridgehead atoms. The molecule has 2 heteroatoms. The molecule has 0 saturated carbocycles. The molecule has 0 aromatic heterocycles. The summed E-state index contributed by atoms with van der Waals surface area (Å²) in [5.41, 5.74) is 2.49. The predicted molar refractivity (Wildman–Crippen MR) is 78.9 cm³/mol. The van der Waals surface area contributed by atoms with Gasteiger partial charge in [-0.3, -0.25) is 0 Å². The number of para-hydroxylation sites is 2. The number of fused-ring (bicyclic) bond motifs is 2. The first kappa shape index (κ1) is 11.9. The van der Waals surface area contributed by atoms with Gasteiger partial charge in [0, 0.05) is 0 Å². The summed E-state index contributed by atoms with van der Waals surface area (Å²) in [6.07, 6.45) is 0. The second-order valence-corrected chi connectivity index (χ2v) is 13.9. The van der Waals surface area contributed by atoms with Gasteiger partial charge in [0.05, 0.1) is 0 Å².